The summed E-state index contributed by atoms with van der Waals surface area (Å²) in [4.78, 5) is 23.0. The van der Waals surface area contributed by atoms with Gasteiger partial charge in [-0.1, -0.05) is 6.07 Å². The molecule has 0 unspecified atom stereocenters. The van der Waals surface area contributed by atoms with Crippen LogP contribution in [0.1, 0.15) is 17.3 Å². The van der Waals surface area contributed by atoms with E-state index in [1.807, 2.05) is 0 Å². The molecule has 5 N–H and O–H groups in total. The second kappa shape index (κ2) is 6.99. The molecule has 0 aliphatic carbocycles. The Labute approximate surface area is 116 Å². The molecule has 0 saturated heterocycles. The summed E-state index contributed by atoms with van der Waals surface area (Å²) in [7, 11) is 0. The summed E-state index contributed by atoms with van der Waals surface area (Å²) < 4.78 is 0. The van der Waals surface area contributed by atoms with Crippen molar-refractivity contribution in [2.75, 3.05) is 25.1 Å². The van der Waals surface area contributed by atoms with Gasteiger partial charge in [0.15, 0.2) is 0 Å². The molecular weight excluding hydrogens is 264 g/mol. The van der Waals surface area contributed by atoms with Crippen LogP contribution in [0.2, 0.25) is 0 Å². The molecule has 0 bridgehead atoms. The summed E-state index contributed by atoms with van der Waals surface area (Å²) in [5, 5.41) is 32.4. The average Bonchev–Trinajstić information content (AvgIpc) is 2.44. The van der Waals surface area contributed by atoms with E-state index in [0.717, 1.165) is 0 Å². The van der Waals surface area contributed by atoms with E-state index in [4.69, 9.17) is 15.3 Å². The summed E-state index contributed by atoms with van der Waals surface area (Å²) in [6.45, 7) is -0.452. The number of aliphatic hydroxyl groups excluding tert-OH is 3. The van der Waals surface area contributed by atoms with Crippen LogP contribution in [0.25, 0.3) is 0 Å². The predicted octanol–water partition coefficient (Wildman–Crippen LogP) is -0.909. The molecule has 7 nitrogen and oxygen atoms in total. The lowest BCUT2D eigenvalue weighted by Gasteiger charge is -2.28. The lowest BCUT2D eigenvalue weighted by molar-refractivity contribution is -0.114. The van der Waals surface area contributed by atoms with Crippen molar-refractivity contribution in [1.29, 1.82) is 0 Å². The summed E-state index contributed by atoms with van der Waals surface area (Å²) in [5.74, 6) is -0.840. The normalized spacial score (nSPS) is 11.0. The SMILES string of the molecule is CC(=O)Nc1cccc(C(=O)NC(CO)(CO)CO)c1. The molecule has 0 heterocycles. The van der Waals surface area contributed by atoms with Gasteiger partial charge in [-0.25, -0.2) is 0 Å². The Hall–Kier alpha value is -1.96. The third kappa shape index (κ3) is 4.02. The van der Waals surface area contributed by atoms with Gasteiger partial charge in [0, 0.05) is 18.2 Å². The molecule has 0 fully saturated rings. The van der Waals surface area contributed by atoms with Crippen LogP contribution in [0.3, 0.4) is 0 Å². The third-order valence-electron chi connectivity index (χ3n) is 2.73. The van der Waals surface area contributed by atoms with Gasteiger partial charge >= 0.3 is 0 Å². The van der Waals surface area contributed by atoms with Gasteiger partial charge in [-0.15, -0.1) is 0 Å². The number of carbonyl (C=O) groups is 2. The summed E-state index contributed by atoms with van der Waals surface area (Å²) in [6, 6.07) is 6.17. The van der Waals surface area contributed by atoms with E-state index in [2.05, 4.69) is 10.6 Å². The van der Waals surface area contributed by atoms with Crippen LogP contribution in [0.15, 0.2) is 24.3 Å². The number of carbonyl (C=O) groups excluding carboxylic acids is 2. The minimum Gasteiger partial charge on any atom is -0.394 e. The van der Waals surface area contributed by atoms with E-state index in [1.165, 1.54) is 19.1 Å². The van der Waals surface area contributed by atoms with Crippen LogP contribution in [0.5, 0.6) is 0 Å². The van der Waals surface area contributed by atoms with Crippen molar-refractivity contribution in [3.05, 3.63) is 29.8 Å². The van der Waals surface area contributed by atoms with Crippen LogP contribution >= 0.6 is 0 Å². The zero-order valence-electron chi connectivity index (χ0n) is 11.1. The van der Waals surface area contributed by atoms with Crippen LogP contribution in [0, 0.1) is 0 Å². The third-order valence-corrected chi connectivity index (χ3v) is 2.73. The minimum atomic E-state index is -1.49. The van der Waals surface area contributed by atoms with Crippen LogP contribution < -0.4 is 10.6 Å². The van der Waals surface area contributed by atoms with Gasteiger partial charge in [0.25, 0.3) is 5.91 Å². The predicted molar refractivity (Wildman–Crippen MR) is 72.2 cm³/mol. The quantitative estimate of drug-likeness (QED) is 0.463. The Bertz CT molecular complexity index is 477. The van der Waals surface area contributed by atoms with E-state index in [9.17, 15) is 9.59 Å². The second-order valence-corrected chi connectivity index (χ2v) is 4.47. The lowest BCUT2D eigenvalue weighted by Crippen LogP contribution is -2.57. The number of anilines is 1. The Kier molecular flexibility index (Phi) is 5.63. The standard InChI is InChI=1S/C13H18N2O5/c1-9(19)14-11-4-2-3-10(5-11)12(20)15-13(6-16,7-17)8-18/h2-5,16-18H,6-8H2,1H3,(H,14,19)(H,15,20). The Morgan fingerprint density at radius 2 is 1.75 bits per heavy atom. The first kappa shape index (κ1) is 16.1. The van der Waals surface area contributed by atoms with E-state index in [1.54, 1.807) is 12.1 Å². The maximum absolute atomic E-state index is 12.0. The Morgan fingerprint density at radius 1 is 1.15 bits per heavy atom. The van der Waals surface area contributed by atoms with Gasteiger partial charge < -0.3 is 26.0 Å². The maximum atomic E-state index is 12.0. The van der Waals surface area contributed by atoms with Gasteiger partial charge in [0.2, 0.25) is 5.91 Å². The van der Waals surface area contributed by atoms with Crippen LogP contribution in [-0.4, -0.2) is 52.5 Å². The topological polar surface area (TPSA) is 119 Å². The first-order valence-corrected chi connectivity index (χ1v) is 5.99. The van der Waals surface area contributed by atoms with Gasteiger partial charge in [0.05, 0.1) is 19.8 Å². The summed E-state index contributed by atoms with van der Waals surface area (Å²) >= 11 is 0. The van der Waals surface area contributed by atoms with Gasteiger partial charge in [-0.05, 0) is 18.2 Å². The van der Waals surface area contributed by atoms with E-state index >= 15 is 0 Å². The van der Waals surface area contributed by atoms with Gasteiger partial charge in [-0.2, -0.15) is 0 Å². The van der Waals surface area contributed by atoms with Crippen LogP contribution in [0.4, 0.5) is 5.69 Å². The number of amides is 2. The highest BCUT2D eigenvalue weighted by Crippen LogP contribution is 2.12. The highest BCUT2D eigenvalue weighted by molar-refractivity contribution is 5.97. The Balaban J connectivity index is 2.89. The van der Waals surface area contributed by atoms with Crippen molar-refractivity contribution in [3.8, 4) is 0 Å². The van der Waals surface area contributed by atoms with Crippen LogP contribution in [-0.2, 0) is 4.79 Å². The highest BCUT2D eigenvalue weighted by atomic mass is 16.3. The fourth-order valence-corrected chi connectivity index (χ4v) is 1.52. The van der Waals surface area contributed by atoms with Crippen molar-refractivity contribution in [1.82, 2.24) is 5.32 Å². The fraction of sp³-hybridized carbons (Fsp3) is 0.385. The van der Waals surface area contributed by atoms with E-state index in [0.29, 0.717) is 5.69 Å². The first-order valence-electron chi connectivity index (χ1n) is 5.99. The highest BCUT2D eigenvalue weighted by Gasteiger charge is 2.30. The van der Waals surface area contributed by atoms with Crippen molar-refractivity contribution in [3.63, 3.8) is 0 Å². The minimum absolute atomic E-state index is 0.232. The zero-order chi connectivity index (χ0) is 15.2. The molecule has 1 aromatic carbocycles. The number of hydrogen-bond acceptors (Lipinski definition) is 5. The molecule has 7 heteroatoms. The van der Waals surface area contributed by atoms with Crippen molar-refractivity contribution in [2.45, 2.75) is 12.5 Å². The number of nitrogens with one attached hydrogen (secondary N) is 2. The molecule has 0 atom stereocenters. The molecule has 2 amide bonds. The monoisotopic (exact) mass is 282 g/mol. The van der Waals surface area contributed by atoms with Gasteiger partial charge in [-0.3, -0.25) is 9.59 Å². The number of hydrogen-bond donors (Lipinski definition) is 5. The lowest BCUT2D eigenvalue weighted by atomic mass is 10.0. The molecule has 0 radical (unpaired) electrons. The molecule has 20 heavy (non-hydrogen) atoms. The second-order valence-electron chi connectivity index (χ2n) is 4.47. The average molecular weight is 282 g/mol. The molecule has 0 spiro atoms. The number of rotatable bonds is 6. The van der Waals surface area contributed by atoms with E-state index < -0.39 is 31.3 Å². The maximum Gasteiger partial charge on any atom is 0.252 e. The van der Waals surface area contributed by atoms with Crippen molar-refractivity contribution < 1.29 is 24.9 Å². The Morgan fingerprint density at radius 3 is 2.25 bits per heavy atom. The molecule has 1 rings (SSSR count). The van der Waals surface area contributed by atoms with E-state index in [-0.39, 0.29) is 11.5 Å². The summed E-state index contributed by atoms with van der Waals surface area (Å²) in [6.07, 6.45) is 0. The smallest absolute Gasteiger partial charge is 0.252 e. The molecule has 0 saturated carbocycles. The molecular formula is C13H18N2O5. The first-order chi connectivity index (χ1) is 9.46. The fourth-order valence-electron chi connectivity index (χ4n) is 1.52. The summed E-state index contributed by atoms with van der Waals surface area (Å²) in [5.41, 5.74) is -0.801. The molecule has 1 aromatic rings. The van der Waals surface area contributed by atoms with Gasteiger partial charge in [0.1, 0.15) is 5.54 Å². The number of benzene rings is 1. The number of aliphatic hydroxyl groups is 3. The van der Waals surface area contributed by atoms with Crippen molar-refractivity contribution >= 4 is 17.5 Å². The molecule has 0 aromatic heterocycles. The molecule has 0 aliphatic rings. The molecule has 0 aliphatic heterocycles. The zero-order valence-corrected chi connectivity index (χ0v) is 11.1. The molecule has 110 valence electrons. The largest absolute Gasteiger partial charge is 0.394 e. The van der Waals surface area contributed by atoms with Crippen molar-refractivity contribution in [2.24, 2.45) is 0 Å².